The SMILES string of the molecule is [N-]=[N+]=N[B-](c1ccccc1)(c1ccccc1)c1ccccc1. The largest absolute Gasteiger partial charge is 0.283 e. The van der Waals surface area contributed by atoms with E-state index in [1.807, 2.05) is 91.0 Å². The zero-order valence-electron chi connectivity index (χ0n) is 12.1. The van der Waals surface area contributed by atoms with Gasteiger partial charge in [-0.2, -0.15) is 16.4 Å². The molecule has 106 valence electrons. The van der Waals surface area contributed by atoms with Crippen LogP contribution in [0.2, 0.25) is 0 Å². The standard InChI is InChI=1S/C18H15BN3/c20-22-21-19(16-10-4-1-5-11-16,17-12-6-2-7-13-17)18-14-8-3-9-15-18/h1-15H/q-1. The van der Waals surface area contributed by atoms with E-state index < -0.39 is 6.28 Å². The second-order valence-corrected chi connectivity index (χ2v) is 5.26. The molecule has 0 heterocycles. The minimum Gasteiger partial charge on any atom is -0.283 e. The van der Waals surface area contributed by atoms with Gasteiger partial charge in [-0.05, 0) is 10.4 Å². The molecule has 0 N–H and O–H groups in total. The molecule has 3 nitrogen and oxygen atoms in total. The van der Waals surface area contributed by atoms with Crippen molar-refractivity contribution in [2.45, 2.75) is 0 Å². The molecule has 0 aromatic heterocycles. The third kappa shape index (κ3) is 2.37. The molecule has 3 aromatic rings. The summed E-state index contributed by atoms with van der Waals surface area (Å²) < 4.78 is 0. The molecule has 0 aliphatic carbocycles. The molecule has 0 amide bonds. The first-order chi connectivity index (χ1) is 10.9. The maximum Gasteiger partial charge on any atom is 0.160 e. The Morgan fingerprint density at radius 3 is 1.18 bits per heavy atom. The van der Waals surface area contributed by atoms with Crippen molar-refractivity contribution < 1.29 is 0 Å². The molecule has 22 heavy (non-hydrogen) atoms. The van der Waals surface area contributed by atoms with E-state index in [4.69, 9.17) is 0 Å². The van der Waals surface area contributed by atoms with E-state index in [-0.39, 0.29) is 0 Å². The van der Waals surface area contributed by atoms with Crippen molar-refractivity contribution in [3.05, 3.63) is 101 Å². The summed E-state index contributed by atoms with van der Waals surface area (Å²) in [4.78, 5) is 3.19. The lowest BCUT2D eigenvalue weighted by molar-refractivity contribution is 1.57. The maximum atomic E-state index is 9.26. The van der Waals surface area contributed by atoms with E-state index in [0.29, 0.717) is 0 Å². The highest BCUT2D eigenvalue weighted by atomic mass is 15.1. The molecular formula is C18H15BN3-. The van der Waals surface area contributed by atoms with Gasteiger partial charge in [0.1, 0.15) is 0 Å². The summed E-state index contributed by atoms with van der Waals surface area (Å²) in [6.07, 6.45) is -1.70. The highest BCUT2D eigenvalue weighted by Crippen LogP contribution is 2.09. The molecule has 4 heteroatoms. The van der Waals surface area contributed by atoms with Crippen molar-refractivity contribution in [3.63, 3.8) is 0 Å². The van der Waals surface area contributed by atoms with Crippen LogP contribution < -0.4 is 16.4 Å². The van der Waals surface area contributed by atoms with Gasteiger partial charge in [0.15, 0.2) is 6.28 Å². The predicted octanol–water partition coefficient (Wildman–Crippen LogP) is 2.96. The van der Waals surface area contributed by atoms with Crippen LogP contribution in [0.25, 0.3) is 10.4 Å². The smallest absolute Gasteiger partial charge is 0.160 e. The van der Waals surface area contributed by atoms with Crippen LogP contribution in [0.5, 0.6) is 0 Å². The van der Waals surface area contributed by atoms with Gasteiger partial charge >= 0.3 is 0 Å². The first-order valence-corrected chi connectivity index (χ1v) is 7.26. The van der Waals surface area contributed by atoms with Gasteiger partial charge in [0, 0.05) is 0 Å². The van der Waals surface area contributed by atoms with Crippen molar-refractivity contribution in [2.24, 2.45) is 5.03 Å². The van der Waals surface area contributed by atoms with Crippen LogP contribution in [-0.4, -0.2) is 6.28 Å². The lowest BCUT2D eigenvalue weighted by atomic mass is 9.25. The van der Waals surface area contributed by atoms with Gasteiger partial charge in [0.25, 0.3) is 0 Å². The van der Waals surface area contributed by atoms with Crippen LogP contribution in [0.4, 0.5) is 0 Å². The van der Waals surface area contributed by atoms with E-state index in [0.717, 1.165) is 16.4 Å². The first-order valence-electron chi connectivity index (χ1n) is 7.26. The Bertz CT molecular complexity index is 686. The Hall–Kier alpha value is -2.97. The molecule has 0 aliphatic heterocycles. The molecule has 0 bridgehead atoms. The van der Waals surface area contributed by atoms with Gasteiger partial charge in [-0.15, -0.1) is 0 Å². The van der Waals surface area contributed by atoms with Crippen LogP contribution >= 0.6 is 0 Å². The normalized spacial score (nSPS) is 10.7. The maximum absolute atomic E-state index is 9.26. The van der Waals surface area contributed by atoms with Gasteiger partial charge < -0.3 is 0 Å². The lowest BCUT2D eigenvalue weighted by Crippen LogP contribution is -2.65. The van der Waals surface area contributed by atoms with E-state index in [1.54, 1.807) is 0 Å². The summed E-state index contributed by atoms with van der Waals surface area (Å²) in [5.74, 6) is 0. The van der Waals surface area contributed by atoms with Gasteiger partial charge in [0.2, 0.25) is 0 Å². The summed E-state index contributed by atoms with van der Waals surface area (Å²) in [7, 11) is 0. The Balaban J connectivity index is 2.37. The van der Waals surface area contributed by atoms with Crippen LogP contribution in [0.3, 0.4) is 0 Å². The van der Waals surface area contributed by atoms with E-state index in [2.05, 4.69) is 9.94 Å². The average molecular weight is 284 g/mol. The molecule has 0 atom stereocenters. The number of benzene rings is 3. The summed E-state index contributed by atoms with van der Waals surface area (Å²) in [6, 6.07) is 29.9. The minimum absolute atomic E-state index is 1.01. The third-order valence-corrected chi connectivity index (χ3v) is 4.07. The van der Waals surface area contributed by atoms with Crippen molar-refractivity contribution in [1.82, 2.24) is 0 Å². The molecule has 0 aliphatic rings. The molecule has 0 unspecified atom stereocenters. The van der Waals surface area contributed by atoms with Crippen LogP contribution in [0.1, 0.15) is 0 Å². The molecule has 0 saturated heterocycles. The van der Waals surface area contributed by atoms with Gasteiger partial charge in [-0.3, -0.25) is 5.03 Å². The zero-order valence-corrected chi connectivity index (χ0v) is 12.1. The Morgan fingerprint density at radius 2 is 0.909 bits per heavy atom. The first kappa shape index (κ1) is 14.0. The summed E-state index contributed by atoms with van der Waals surface area (Å²) in [5, 5.41) is 4.31. The second-order valence-electron chi connectivity index (χ2n) is 5.26. The molecular weight excluding hydrogens is 269 g/mol. The monoisotopic (exact) mass is 284 g/mol. The quantitative estimate of drug-likeness (QED) is 0.306. The number of nitrogens with zero attached hydrogens (tertiary/aromatic N) is 3. The number of hydrogen-bond acceptors (Lipinski definition) is 1. The van der Waals surface area contributed by atoms with Gasteiger partial charge in [0.05, 0.1) is 0 Å². The van der Waals surface area contributed by atoms with Crippen molar-refractivity contribution >= 4 is 22.7 Å². The molecule has 0 saturated carbocycles. The zero-order chi connectivity index (χ0) is 15.3. The fourth-order valence-corrected chi connectivity index (χ4v) is 3.05. The minimum atomic E-state index is -1.70. The predicted molar refractivity (Wildman–Crippen MR) is 93.1 cm³/mol. The van der Waals surface area contributed by atoms with Gasteiger partial charge in [-0.25, -0.2) is 0 Å². The van der Waals surface area contributed by atoms with Gasteiger partial charge in [-0.1, -0.05) is 91.0 Å². The fraction of sp³-hybridized carbons (Fsp3) is 0. The molecule has 3 aromatic carbocycles. The molecule has 0 fully saturated rings. The van der Waals surface area contributed by atoms with Crippen LogP contribution in [-0.2, 0) is 0 Å². The van der Waals surface area contributed by atoms with E-state index in [9.17, 15) is 5.53 Å². The number of azide groups is 1. The van der Waals surface area contributed by atoms with Crippen LogP contribution in [0, 0.1) is 0 Å². The lowest BCUT2D eigenvalue weighted by Gasteiger charge is -2.38. The van der Waals surface area contributed by atoms with Crippen molar-refractivity contribution in [2.75, 3.05) is 0 Å². The molecule has 3 rings (SSSR count). The number of rotatable bonds is 4. The Labute approximate surface area is 129 Å². The highest BCUT2D eigenvalue weighted by molar-refractivity contribution is 7.10. The number of hydrogen-bond donors (Lipinski definition) is 0. The third-order valence-electron chi connectivity index (χ3n) is 4.07. The second kappa shape index (κ2) is 6.21. The molecule has 0 radical (unpaired) electrons. The highest BCUT2D eigenvalue weighted by Gasteiger charge is 2.28. The summed E-state index contributed by atoms with van der Waals surface area (Å²) >= 11 is 0. The summed E-state index contributed by atoms with van der Waals surface area (Å²) in [6.45, 7) is 0. The molecule has 0 spiro atoms. The fourth-order valence-electron chi connectivity index (χ4n) is 3.05. The van der Waals surface area contributed by atoms with E-state index >= 15 is 0 Å². The Kier molecular flexibility index (Phi) is 3.95. The van der Waals surface area contributed by atoms with Crippen molar-refractivity contribution in [3.8, 4) is 0 Å². The average Bonchev–Trinajstić information content (AvgIpc) is 2.62. The Morgan fingerprint density at radius 1 is 0.591 bits per heavy atom. The van der Waals surface area contributed by atoms with Crippen LogP contribution in [0.15, 0.2) is 96.0 Å². The van der Waals surface area contributed by atoms with Crippen molar-refractivity contribution in [1.29, 1.82) is 0 Å². The summed E-state index contributed by atoms with van der Waals surface area (Å²) in [5.41, 5.74) is 12.3. The topological polar surface area (TPSA) is 48.8 Å². The van der Waals surface area contributed by atoms with E-state index in [1.165, 1.54) is 0 Å².